The summed E-state index contributed by atoms with van der Waals surface area (Å²) in [5, 5.41) is 0. The molecule has 1 aromatic carbocycles. The molecule has 0 fully saturated rings. The maximum Gasteiger partial charge on any atom is 0.306 e. The van der Waals surface area contributed by atoms with Crippen LogP contribution in [0.2, 0.25) is 0 Å². The van der Waals surface area contributed by atoms with Crippen molar-refractivity contribution in [3.8, 4) is 0 Å². The smallest absolute Gasteiger partial charge is 0.306 e. The lowest BCUT2D eigenvalue weighted by molar-refractivity contribution is -0.161. The lowest BCUT2D eigenvalue weighted by Gasteiger charge is -2.36. The molecule has 0 spiro atoms. The minimum absolute atomic E-state index is 0.0133. The topological polar surface area (TPSA) is 74.3 Å². The molecule has 0 saturated carbocycles. The lowest BCUT2D eigenvalue weighted by Crippen LogP contribution is -2.35. The van der Waals surface area contributed by atoms with Gasteiger partial charge in [-0.15, -0.1) is 0 Å². The van der Waals surface area contributed by atoms with Crippen LogP contribution in [0.3, 0.4) is 0 Å². The summed E-state index contributed by atoms with van der Waals surface area (Å²) in [5.41, 5.74) is 1.06. The minimum Gasteiger partial charge on any atom is -0.462 e. The Bertz CT molecular complexity index is 768. The maximum atomic E-state index is 12.7. The summed E-state index contributed by atoms with van der Waals surface area (Å²) in [6, 6.07) is 10.4. The second-order valence-electron chi connectivity index (χ2n) is 11.0. The van der Waals surface area contributed by atoms with Crippen LogP contribution in [0, 0.1) is 0 Å². The van der Waals surface area contributed by atoms with Gasteiger partial charge in [-0.25, -0.2) is 4.67 Å². The van der Waals surface area contributed by atoms with Crippen molar-refractivity contribution in [1.29, 1.82) is 0 Å². The molecule has 1 unspecified atom stereocenters. The second-order valence-corrected chi connectivity index (χ2v) is 12.4. The predicted octanol–water partition coefficient (Wildman–Crippen LogP) is 8.74. The van der Waals surface area contributed by atoms with Crippen LogP contribution in [0.5, 0.6) is 0 Å². The van der Waals surface area contributed by atoms with Gasteiger partial charge in [0.05, 0.1) is 13.2 Å². The quantitative estimate of drug-likeness (QED) is 0.0686. The third-order valence-corrected chi connectivity index (χ3v) is 8.52. The average Bonchev–Trinajstić information content (AvgIpc) is 2.92. The Morgan fingerprint density at radius 2 is 1.27 bits per heavy atom. The van der Waals surface area contributed by atoms with Crippen LogP contribution < -0.4 is 0 Å². The largest absolute Gasteiger partial charge is 0.462 e. The predicted molar refractivity (Wildman–Crippen MR) is 164 cm³/mol. The number of unbranched alkanes of at least 4 members (excludes halogenated alkanes) is 8. The zero-order chi connectivity index (χ0) is 29.6. The molecule has 1 aromatic rings. The van der Waals surface area contributed by atoms with Crippen LogP contribution in [-0.4, -0.2) is 48.0 Å². The summed E-state index contributed by atoms with van der Waals surface area (Å²) in [6.45, 7) is 13.3. The maximum absolute atomic E-state index is 12.7. The van der Waals surface area contributed by atoms with Gasteiger partial charge in [-0.2, -0.15) is 0 Å². The fourth-order valence-electron chi connectivity index (χ4n) is 4.36. The van der Waals surface area contributed by atoms with Gasteiger partial charge in [0.2, 0.25) is 0 Å². The van der Waals surface area contributed by atoms with E-state index in [4.69, 9.17) is 18.5 Å². The van der Waals surface area contributed by atoms with Gasteiger partial charge in [0.25, 0.3) is 8.53 Å². The Hall–Kier alpha value is -1.53. The van der Waals surface area contributed by atoms with Crippen molar-refractivity contribution in [3.05, 3.63) is 35.9 Å². The fourth-order valence-corrected chi connectivity index (χ4v) is 6.01. The molecule has 0 aliphatic heterocycles. The summed E-state index contributed by atoms with van der Waals surface area (Å²) in [7, 11) is -1.44. The van der Waals surface area contributed by atoms with Crippen molar-refractivity contribution in [2.45, 2.75) is 143 Å². The van der Waals surface area contributed by atoms with Gasteiger partial charge in [0.15, 0.2) is 6.10 Å². The van der Waals surface area contributed by atoms with Crippen molar-refractivity contribution in [1.82, 2.24) is 4.67 Å². The molecule has 0 aliphatic carbocycles. The molecule has 0 aromatic heterocycles. The standard InChI is InChI=1S/C32H56NO6P/c1-7-9-11-13-18-22-31(34)36-25-30(39-32(35)23-19-14-12-10-8-2)26-38-40(33(27(3)4)28(5)6)37-24-29-20-16-15-17-21-29/h15-17,20-21,27-28,30H,7-14,18-19,22-26H2,1-6H3/t30-,40?/m0/s1. The monoisotopic (exact) mass is 581 g/mol. The molecular formula is C32H56NO6P. The second kappa shape index (κ2) is 23.1. The van der Waals surface area contributed by atoms with Gasteiger partial charge in [0.1, 0.15) is 6.61 Å². The van der Waals surface area contributed by atoms with E-state index in [0.717, 1.165) is 50.5 Å². The number of hydrogen-bond acceptors (Lipinski definition) is 7. The van der Waals surface area contributed by atoms with E-state index in [1.54, 1.807) is 0 Å². The van der Waals surface area contributed by atoms with Gasteiger partial charge in [-0.3, -0.25) is 9.59 Å². The Balaban J connectivity index is 2.81. The molecular weight excluding hydrogens is 525 g/mol. The third-order valence-electron chi connectivity index (χ3n) is 6.50. The summed E-state index contributed by atoms with van der Waals surface area (Å²) >= 11 is 0. The summed E-state index contributed by atoms with van der Waals surface area (Å²) in [4.78, 5) is 25.0. The molecule has 0 aliphatic rings. The zero-order valence-electron chi connectivity index (χ0n) is 26.1. The van der Waals surface area contributed by atoms with Gasteiger partial charge >= 0.3 is 11.9 Å². The highest BCUT2D eigenvalue weighted by molar-refractivity contribution is 7.44. The van der Waals surface area contributed by atoms with Crippen LogP contribution in [0.1, 0.15) is 124 Å². The number of esters is 2. The molecule has 2 atom stereocenters. The Labute approximate surface area is 245 Å². The van der Waals surface area contributed by atoms with E-state index < -0.39 is 14.6 Å². The van der Waals surface area contributed by atoms with E-state index in [1.807, 2.05) is 30.3 Å². The number of hydrogen-bond donors (Lipinski definition) is 0. The Kier molecular flexibility index (Phi) is 21.1. The first-order valence-corrected chi connectivity index (χ1v) is 16.6. The highest BCUT2D eigenvalue weighted by Gasteiger charge is 2.29. The first-order valence-electron chi connectivity index (χ1n) is 15.5. The Morgan fingerprint density at radius 1 is 0.725 bits per heavy atom. The molecule has 7 nitrogen and oxygen atoms in total. The van der Waals surface area contributed by atoms with Crippen LogP contribution >= 0.6 is 8.53 Å². The Morgan fingerprint density at radius 3 is 1.82 bits per heavy atom. The van der Waals surface area contributed by atoms with E-state index >= 15 is 0 Å². The number of ether oxygens (including phenoxy) is 2. The highest BCUT2D eigenvalue weighted by atomic mass is 31.2. The average molecular weight is 582 g/mol. The molecule has 8 heteroatoms. The summed E-state index contributed by atoms with van der Waals surface area (Å²) in [6.07, 6.45) is 10.6. The van der Waals surface area contributed by atoms with E-state index in [9.17, 15) is 9.59 Å². The molecule has 0 amide bonds. The molecule has 0 radical (unpaired) electrons. The van der Waals surface area contributed by atoms with Crippen molar-refractivity contribution in [2.24, 2.45) is 0 Å². The van der Waals surface area contributed by atoms with Gasteiger partial charge in [-0.05, 0) is 46.1 Å². The van der Waals surface area contributed by atoms with E-state index in [2.05, 4.69) is 46.2 Å². The zero-order valence-corrected chi connectivity index (χ0v) is 27.0. The van der Waals surface area contributed by atoms with Crippen LogP contribution in [-0.2, 0) is 34.7 Å². The molecule has 0 saturated heterocycles. The van der Waals surface area contributed by atoms with Crippen LogP contribution in [0.25, 0.3) is 0 Å². The van der Waals surface area contributed by atoms with E-state index in [-0.39, 0.29) is 37.2 Å². The SMILES string of the molecule is CCCCCCCC(=O)OC[C@@H](COP(OCc1ccccc1)N(C(C)C)C(C)C)OC(=O)CCCCCCC. The van der Waals surface area contributed by atoms with Crippen LogP contribution in [0.4, 0.5) is 0 Å². The number of carbonyl (C=O) groups excluding carboxylic acids is 2. The van der Waals surface area contributed by atoms with E-state index in [1.165, 1.54) is 19.3 Å². The molecule has 40 heavy (non-hydrogen) atoms. The molecule has 230 valence electrons. The number of rotatable bonds is 24. The third kappa shape index (κ3) is 17.3. The number of nitrogens with zero attached hydrogens (tertiary/aromatic N) is 1. The van der Waals surface area contributed by atoms with Crippen molar-refractivity contribution in [2.75, 3.05) is 13.2 Å². The van der Waals surface area contributed by atoms with E-state index in [0.29, 0.717) is 19.4 Å². The highest BCUT2D eigenvalue weighted by Crippen LogP contribution is 2.46. The van der Waals surface area contributed by atoms with Crippen LogP contribution in [0.15, 0.2) is 30.3 Å². The summed E-state index contributed by atoms with van der Waals surface area (Å²) in [5.74, 6) is -0.537. The van der Waals surface area contributed by atoms with Crippen molar-refractivity contribution >= 4 is 20.5 Å². The summed E-state index contributed by atoms with van der Waals surface area (Å²) < 4.78 is 26.1. The molecule has 0 N–H and O–H groups in total. The van der Waals surface area contributed by atoms with Gasteiger partial charge in [0, 0.05) is 24.9 Å². The normalized spacial score (nSPS) is 13.1. The minimum atomic E-state index is -1.44. The fraction of sp³-hybridized carbons (Fsp3) is 0.750. The first-order chi connectivity index (χ1) is 19.3. The lowest BCUT2D eigenvalue weighted by atomic mass is 10.1. The van der Waals surface area contributed by atoms with Gasteiger partial charge in [-0.1, -0.05) is 95.5 Å². The number of benzene rings is 1. The van der Waals surface area contributed by atoms with Crippen molar-refractivity contribution in [3.63, 3.8) is 0 Å². The number of carbonyl (C=O) groups is 2. The molecule has 0 bridgehead atoms. The molecule has 0 heterocycles. The van der Waals surface area contributed by atoms with Gasteiger partial charge < -0.3 is 18.5 Å². The first kappa shape index (κ1) is 36.5. The molecule has 1 rings (SSSR count). The van der Waals surface area contributed by atoms with Crippen molar-refractivity contribution < 1.29 is 28.1 Å².